The Kier molecular flexibility index (Phi) is 5.35. The Labute approximate surface area is 195 Å². The average molecular weight is 456 g/mol. The predicted molar refractivity (Wildman–Crippen MR) is 131 cm³/mol. The Bertz CT molecular complexity index is 1560. The van der Waals surface area contributed by atoms with Gasteiger partial charge in [-0.2, -0.15) is 0 Å². The van der Waals surface area contributed by atoms with E-state index in [4.69, 9.17) is 16.6 Å². The van der Waals surface area contributed by atoms with Gasteiger partial charge >= 0.3 is 0 Å². The Balaban J connectivity index is 1.71. The predicted octanol–water partition coefficient (Wildman–Crippen LogP) is 5.39. The highest BCUT2D eigenvalue weighted by Crippen LogP contribution is 2.20. The van der Waals surface area contributed by atoms with Gasteiger partial charge in [0, 0.05) is 28.3 Å². The zero-order valence-corrected chi connectivity index (χ0v) is 19.1. The van der Waals surface area contributed by atoms with Gasteiger partial charge in [-0.25, -0.2) is 9.38 Å². The number of para-hydroxylation sites is 2. The van der Waals surface area contributed by atoms with E-state index < -0.39 is 0 Å². The Hall–Kier alpha value is -3.70. The number of imidazole rings is 1. The number of ketones is 1. The first-order chi connectivity index (χ1) is 15.9. The molecule has 0 saturated heterocycles. The number of nitrogens with zero attached hydrogens (tertiary/aromatic N) is 3. The number of halogens is 1. The fraction of sp³-hybridized carbons (Fsp3) is 0.148. The van der Waals surface area contributed by atoms with E-state index in [-0.39, 0.29) is 17.9 Å². The lowest BCUT2D eigenvalue weighted by molar-refractivity contribution is 0.0972. The molecule has 5 rings (SSSR count). The minimum absolute atomic E-state index is 0.0709. The van der Waals surface area contributed by atoms with Crippen LogP contribution in [0.4, 0.5) is 0 Å². The molecule has 0 bridgehead atoms. The van der Waals surface area contributed by atoms with E-state index in [1.165, 1.54) is 0 Å². The summed E-state index contributed by atoms with van der Waals surface area (Å²) in [5, 5.41) is 0.577. The summed E-state index contributed by atoms with van der Waals surface area (Å²) in [5.41, 5.74) is 5.50. The van der Waals surface area contributed by atoms with Gasteiger partial charge in [0.15, 0.2) is 5.78 Å². The fourth-order valence-electron chi connectivity index (χ4n) is 4.17. The van der Waals surface area contributed by atoms with Gasteiger partial charge in [0.05, 0.1) is 17.6 Å². The van der Waals surface area contributed by atoms with Crippen LogP contribution in [0.15, 0.2) is 77.6 Å². The van der Waals surface area contributed by atoms with Gasteiger partial charge in [-0.15, -0.1) is 0 Å². The molecule has 0 unspecified atom stereocenters. The Morgan fingerprint density at radius 3 is 2.36 bits per heavy atom. The number of aromatic nitrogens is 3. The highest BCUT2D eigenvalue weighted by molar-refractivity contribution is 6.30. The van der Waals surface area contributed by atoms with E-state index in [1.807, 2.05) is 66.9 Å². The third-order valence-corrected chi connectivity index (χ3v) is 6.31. The number of carbonyl (C=O) groups is 1. The summed E-state index contributed by atoms with van der Waals surface area (Å²) < 4.78 is 3.48. The van der Waals surface area contributed by atoms with E-state index in [1.54, 1.807) is 28.7 Å². The van der Waals surface area contributed by atoms with E-state index in [9.17, 15) is 9.59 Å². The molecule has 6 heteroatoms. The largest absolute Gasteiger partial charge is 0.307 e. The molecule has 3 aromatic carbocycles. The maximum Gasteiger partial charge on any atom is 0.263 e. The van der Waals surface area contributed by atoms with Crippen LogP contribution in [0.3, 0.4) is 0 Å². The van der Waals surface area contributed by atoms with Crippen LogP contribution >= 0.6 is 11.6 Å². The summed E-state index contributed by atoms with van der Waals surface area (Å²) in [5.74, 6) is 0.391. The molecule has 0 aliphatic carbocycles. The van der Waals surface area contributed by atoms with Crippen molar-refractivity contribution in [3.63, 3.8) is 0 Å². The summed E-state index contributed by atoms with van der Waals surface area (Å²) >= 11 is 5.99. The quantitative estimate of drug-likeness (QED) is 0.334. The number of carbonyl (C=O) groups excluding carboxylic acids is 1. The van der Waals surface area contributed by atoms with Crippen LogP contribution < -0.4 is 5.56 Å². The molecule has 5 aromatic rings. The number of fused-ring (bicyclic) bond motifs is 3. The zero-order chi connectivity index (χ0) is 23.1. The number of benzene rings is 3. The zero-order valence-electron chi connectivity index (χ0n) is 18.4. The molecule has 0 aliphatic rings. The third kappa shape index (κ3) is 3.85. The van der Waals surface area contributed by atoms with Gasteiger partial charge < -0.3 is 4.57 Å². The highest BCUT2D eigenvalue weighted by atomic mass is 35.5. The van der Waals surface area contributed by atoms with E-state index in [0.717, 1.165) is 22.3 Å². The number of hydrogen-bond donors (Lipinski definition) is 0. The second kappa shape index (κ2) is 8.34. The van der Waals surface area contributed by atoms with Crippen LogP contribution in [0.2, 0.25) is 5.02 Å². The van der Waals surface area contributed by atoms with Crippen molar-refractivity contribution >= 4 is 34.2 Å². The van der Waals surface area contributed by atoms with Crippen LogP contribution in [0, 0.1) is 13.8 Å². The molecule has 0 spiro atoms. The van der Waals surface area contributed by atoms with Crippen molar-refractivity contribution in [2.24, 2.45) is 0 Å². The van der Waals surface area contributed by atoms with Gasteiger partial charge in [0.1, 0.15) is 0 Å². The second-order valence-electron chi connectivity index (χ2n) is 8.28. The van der Waals surface area contributed by atoms with Gasteiger partial charge in [-0.1, -0.05) is 53.6 Å². The van der Waals surface area contributed by atoms with Crippen molar-refractivity contribution in [1.82, 2.24) is 14.0 Å². The minimum atomic E-state index is -0.105. The smallest absolute Gasteiger partial charge is 0.263 e. The van der Waals surface area contributed by atoms with Crippen LogP contribution in [0.1, 0.15) is 32.7 Å². The summed E-state index contributed by atoms with van der Waals surface area (Å²) in [7, 11) is 0. The first-order valence-electron chi connectivity index (χ1n) is 10.8. The molecular formula is C27H22ClN3O2. The molecule has 0 aliphatic heterocycles. The first kappa shape index (κ1) is 21.2. The lowest BCUT2D eigenvalue weighted by Crippen LogP contribution is -2.27. The Morgan fingerprint density at radius 2 is 1.64 bits per heavy atom. The molecule has 33 heavy (non-hydrogen) atoms. The summed E-state index contributed by atoms with van der Waals surface area (Å²) in [6.07, 6.45) is 0.475. The first-order valence-corrected chi connectivity index (χ1v) is 11.1. The standard InChI is InChI=1S/C27H22ClN3O2/c1-17-7-9-19(10-8-17)15-22-18(2)30(16-25(32)20-11-13-21(28)14-12-20)27-29-23-5-3-4-6-24(23)31(27)26(22)33/h3-14H,15-16H2,1-2H3. The maximum atomic E-state index is 13.7. The molecular weight excluding hydrogens is 434 g/mol. The second-order valence-corrected chi connectivity index (χ2v) is 8.72. The van der Waals surface area contributed by atoms with Crippen molar-refractivity contribution in [3.05, 3.63) is 116 Å². The average Bonchev–Trinajstić information content (AvgIpc) is 3.20. The summed E-state index contributed by atoms with van der Waals surface area (Å²) in [6.45, 7) is 3.99. The van der Waals surface area contributed by atoms with Crippen molar-refractivity contribution in [2.75, 3.05) is 0 Å². The molecule has 0 radical (unpaired) electrons. The number of Topliss-reactive ketones (excluding diaryl/α,β-unsaturated/α-hetero) is 1. The topological polar surface area (TPSA) is 56.4 Å². The Morgan fingerprint density at radius 1 is 0.939 bits per heavy atom. The molecule has 0 saturated carbocycles. The monoisotopic (exact) mass is 455 g/mol. The van der Waals surface area contributed by atoms with Crippen molar-refractivity contribution in [3.8, 4) is 0 Å². The van der Waals surface area contributed by atoms with E-state index in [2.05, 4.69) is 0 Å². The lowest BCUT2D eigenvalue weighted by Gasteiger charge is -2.16. The van der Waals surface area contributed by atoms with Crippen molar-refractivity contribution in [2.45, 2.75) is 26.8 Å². The molecule has 2 heterocycles. The van der Waals surface area contributed by atoms with E-state index in [0.29, 0.717) is 33.9 Å². The van der Waals surface area contributed by atoms with Gasteiger partial charge in [0.2, 0.25) is 5.78 Å². The molecule has 0 fully saturated rings. The van der Waals surface area contributed by atoms with Gasteiger partial charge in [-0.3, -0.25) is 9.59 Å². The summed E-state index contributed by atoms with van der Waals surface area (Å²) in [6, 6.07) is 22.5. The van der Waals surface area contributed by atoms with Crippen molar-refractivity contribution < 1.29 is 4.79 Å². The molecule has 5 nitrogen and oxygen atoms in total. The van der Waals surface area contributed by atoms with Crippen LogP contribution in [-0.2, 0) is 13.0 Å². The van der Waals surface area contributed by atoms with Crippen LogP contribution in [0.25, 0.3) is 16.8 Å². The minimum Gasteiger partial charge on any atom is -0.307 e. The third-order valence-electron chi connectivity index (χ3n) is 6.06. The van der Waals surface area contributed by atoms with Gasteiger partial charge in [-0.05, 0) is 55.8 Å². The van der Waals surface area contributed by atoms with Crippen LogP contribution in [-0.4, -0.2) is 19.7 Å². The molecule has 164 valence electrons. The lowest BCUT2D eigenvalue weighted by atomic mass is 10.0. The molecule has 0 amide bonds. The maximum absolute atomic E-state index is 13.7. The fourth-order valence-corrected chi connectivity index (χ4v) is 4.30. The molecule has 2 aromatic heterocycles. The number of hydrogen-bond acceptors (Lipinski definition) is 3. The van der Waals surface area contributed by atoms with Crippen LogP contribution in [0.5, 0.6) is 0 Å². The summed E-state index contributed by atoms with van der Waals surface area (Å²) in [4.78, 5) is 31.5. The number of aryl methyl sites for hydroxylation is 1. The number of rotatable bonds is 5. The SMILES string of the molecule is Cc1ccc(Cc2c(C)n(CC(=O)c3ccc(Cl)cc3)c3nc4ccccc4n3c2=O)cc1. The highest BCUT2D eigenvalue weighted by Gasteiger charge is 2.20. The van der Waals surface area contributed by atoms with E-state index >= 15 is 0 Å². The molecule has 0 atom stereocenters. The van der Waals surface area contributed by atoms with Crippen molar-refractivity contribution in [1.29, 1.82) is 0 Å². The molecule has 0 N–H and O–H groups in total. The normalized spacial score (nSPS) is 11.4. The van der Waals surface area contributed by atoms with Gasteiger partial charge in [0.25, 0.3) is 5.56 Å².